The summed E-state index contributed by atoms with van der Waals surface area (Å²) < 4.78 is 32.7. The fourth-order valence-electron chi connectivity index (χ4n) is 2.89. The highest BCUT2D eigenvalue weighted by Crippen LogP contribution is 2.25. The normalized spacial score (nSPS) is 18.0. The predicted molar refractivity (Wildman–Crippen MR) is 89.3 cm³/mol. The van der Waals surface area contributed by atoms with Crippen molar-refractivity contribution < 1.29 is 17.9 Å². The van der Waals surface area contributed by atoms with Crippen molar-refractivity contribution in [2.24, 2.45) is 0 Å². The summed E-state index contributed by atoms with van der Waals surface area (Å²) in [7, 11) is -2.43. The number of carbonyl (C=O) groups excluding carboxylic acids is 1. The standard InChI is InChI=1S/C16H19N3O4S/c1-23-16(20)15-13-5-2-6-14(12(13)7-9-18-15)24(21,22)19-10-11-4-3-8-17-11/h2,5-7,9,11,17,19H,3-4,8,10H2,1H3. The van der Waals surface area contributed by atoms with Gasteiger partial charge in [-0.15, -0.1) is 0 Å². The van der Waals surface area contributed by atoms with Gasteiger partial charge in [0, 0.05) is 29.6 Å². The molecule has 2 N–H and O–H groups in total. The summed E-state index contributed by atoms with van der Waals surface area (Å²) in [5.41, 5.74) is 0.101. The monoisotopic (exact) mass is 349 g/mol. The van der Waals surface area contributed by atoms with Crippen LogP contribution in [0.1, 0.15) is 23.3 Å². The lowest BCUT2D eigenvalue weighted by molar-refractivity contribution is 0.0596. The van der Waals surface area contributed by atoms with E-state index >= 15 is 0 Å². The number of aromatic nitrogens is 1. The zero-order valence-electron chi connectivity index (χ0n) is 13.3. The number of fused-ring (bicyclic) bond motifs is 1. The molecule has 1 saturated heterocycles. The highest BCUT2D eigenvalue weighted by Gasteiger charge is 2.22. The zero-order valence-corrected chi connectivity index (χ0v) is 14.1. The summed E-state index contributed by atoms with van der Waals surface area (Å²) in [6, 6.07) is 6.52. The lowest BCUT2D eigenvalue weighted by Crippen LogP contribution is -2.37. The molecule has 1 aromatic heterocycles. The average molecular weight is 349 g/mol. The number of pyridine rings is 1. The van der Waals surface area contributed by atoms with Crippen LogP contribution in [-0.2, 0) is 14.8 Å². The van der Waals surface area contributed by atoms with Gasteiger partial charge < -0.3 is 10.1 Å². The Balaban J connectivity index is 1.98. The number of nitrogens with one attached hydrogen (secondary N) is 2. The maximum atomic E-state index is 12.7. The largest absolute Gasteiger partial charge is 0.464 e. The molecule has 0 amide bonds. The Bertz CT molecular complexity index is 861. The molecule has 7 nitrogen and oxygen atoms in total. The Kier molecular flexibility index (Phi) is 4.79. The number of rotatable bonds is 5. The van der Waals surface area contributed by atoms with Gasteiger partial charge in [-0.05, 0) is 31.5 Å². The molecule has 8 heteroatoms. The van der Waals surface area contributed by atoms with Gasteiger partial charge in [-0.1, -0.05) is 12.1 Å². The number of hydrogen-bond acceptors (Lipinski definition) is 6. The van der Waals surface area contributed by atoms with Crippen LogP contribution in [0.25, 0.3) is 10.8 Å². The fraction of sp³-hybridized carbons (Fsp3) is 0.375. The van der Waals surface area contributed by atoms with E-state index < -0.39 is 16.0 Å². The van der Waals surface area contributed by atoms with E-state index in [0.29, 0.717) is 17.3 Å². The van der Waals surface area contributed by atoms with Crippen LogP contribution in [0, 0.1) is 0 Å². The molecule has 1 aromatic carbocycles. The Morgan fingerprint density at radius 1 is 1.38 bits per heavy atom. The molecule has 0 saturated carbocycles. The van der Waals surface area contributed by atoms with E-state index in [2.05, 4.69) is 15.0 Å². The number of hydrogen-bond donors (Lipinski definition) is 2. The van der Waals surface area contributed by atoms with Gasteiger partial charge in [0.1, 0.15) is 0 Å². The minimum atomic E-state index is -3.69. The molecule has 2 aromatic rings. The van der Waals surface area contributed by atoms with E-state index in [1.54, 1.807) is 18.2 Å². The molecule has 1 atom stereocenters. The molecular formula is C16H19N3O4S. The van der Waals surface area contributed by atoms with Crippen LogP contribution in [0.2, 0.25) is 0 Å². The van der Waals surface area contributed by atoms with Crippen LogP contribution in [-0.4, -0.2) is 45.6 Å². The number of sulfonamides is 1. The zero-order chi connectivity index (χ0) is 17.2. The maximum Gasteiger partial charge on any atom is 0.357 e. The van der Waals surface area contributed by atoms with E-state index in [9.17, 15) is 13.2 Å². The Morgan fingerprint density at radius 3 is 2.92 bits per heavy atom. The molecule has 24 heavy (non-hydrogen) atoms. The maximum absolute atomic E-state index is 12.7. The van der Waals surface area contributed by atoms with Crippen molar-refractivity contribution in [3.63, 3.8) is 0 Å². The summed E-state index contributed by atoms with van der Waals surface area (Å²) in [6.07, 6.45) is 3.41. The first-order chi connectivity index (χ1) is 11.5. The fourth-order valence-corrected chi connectivity index (χ4v) is 4.19. The van der Waals surface area contributed by atoms with Crippen molar-refractivity contribution in [3.8, 4) is 0 Å². The third-order valence-electron chi connectivity index (χ3n) is 4.12. The molecule has 0 radical (unpaired) electrons. The smallest absolute Gasteiger partial charge is 0.357 e. The van der Waals surface area contributed by atoms with Crippen LogP contribution in [0.15, 0.2) is 35.4 Å². The molecule has 1 fully saturated rings. The second-order valence-electron chi connectivity index (χ2n) is 5.65. The van der Waals surface area contributed by atoms with Crippen LogP contribution < -0.4 is 10.0 Å². The second-order valence-corrected chi connectivity index (χ2v) is 7.38. The molecular weight excluding hydrogens is 330 g/mol. The van der Waals surface area contributed by atoms with Crippen molar-refractivity contribution in [1.82, 2.24) is 15.0 Å². The van der Waals surface area contributed by atoms with Gasteiger partial charge in [0.05, 0.1) is 12.0 Å². The third-order valence-corrected chi connectivity index (χ3v) is 5.60. The molecule has 0 spiro atoms. The first-order valence-corrected chi connectivity index (χ1v) is 9.20. The van der Waals surface area contributed by atoms with E-state index in [0.717, 1.165) is 19.4 Å². The minimum Gasteiger partial charge on any atom is -0.464 e. The van der Waals surface area contributed by atoms with Crippen LogP contribution in [0.5, 0.6) is 0 Å². The van der Waals surface area contributed by atoms with E-state index in [1.165, 1.54) is 19.4 Å². The molecule has 1 unspecified atom stereocenters. The number of carbonyl (C=O) groups is 1. The van der Waals surface area contributed by atoms with Gasteiger partial charge in [-0.25, -0.2) is 22.9 Å². The SMILES string of the molecule is COC(=O)c1nccc2c(S(=O)(=O)NCC3CCCN3)cccc12. The first kappa shape index (κ1) is 16.8. The van der Waals surface area contributed by atoms with Crippen LogP contribution in [0.3, 0.4) is 0 Å². The average Bonchev–Trinajstić information content (AvgIpc) is 3.12. The van der Waals surface area contributed by atoms with Crippen LogP contribution in [0.4, 0.5) is 0 Å². The van der Waals surface area contributed by atoms with Crippen LogP contribution >= 0.6 is 0 Å². The highest BCUT2D eigenvalue weighted by molar-refractivity contribution is 7.89. The number of nitrogens with zero attached hydrogens (tertiary/aromatic N) is 1. The van der Waals surface area contributed by atoms with Crippen molar-refractivity contribution in [3.05, 3.63) is 36.2 Å². The lowest BCUT2D eigenvalue weighted by atomic mass is 10.1. The van der Waals surface area contributed by atoms with E-state index in [1.807, 2.05) is 0 Å². The van der Waals surface area contributed by atoms with Gasteiger partial charge in [-0.3, -0.25) is 0 Å². The quantitative estimate of drug-likeness (QED) is 0.783. The third kappa shape index (κ3) is 3.26. The van der Waals surface area contributed by atoms with Gasteiger partial charge in [0.25, 0.3) is 0 Å². The Hall–Kier alpha value is -2.03. The summed E-state index contributed by atoms with van der Waals surface area (Å²) in [4.78, 5) is 16.0. The second kappa shape index (κ2) is 6.84. The topological polar surface area (TPSA) is 97.4 Å². The van der Waals surface area contributed by atoms with Crippen molar-refractivity contribution in [2.75, 3.05) is 20.2 Å². The molecule has 3 rings (SSSR count). The summed E-state index contributed by atoms with van der Waals surface area (Å²) in [5.74, 6) is -0.599. The molecule has 1 aliphatic rings. The summed E-state index contributed by atoms with van der Waals surface area (Å²) in [6.45, 7) is 1.25. The Labute approximate surface area is 140 Å². The molecule has 0 aliphatic carbocycles. The number of ether oxygens (including phenoxy) is 1. The summed E-state index contributed by atoms with van der Waals surface area (Å²) in [5, 5.41) is 4.15. The number of methoxy groups -OCH3 is 1. The predicted octanol–water partition coefficient (Wildman–Crippen LogP) is 1.05. The van der Waals surface area contributed by atoms with Crippen molar-refractivity contribution >= 4 is 26.8 Å². The summed E-state index contributed by atoms with van der Waals surface area (Å²) >= 11 is 0. The molecule has 128 valence electrons. The molecule has 1 aliphatic heterocycles. The number of benzene rings is 1. The molecule has 2 heterocycles. The van der Waals surface area contributed by atoms with Gasteiger partial charge in [-0.2, -0.15) is 0 Å². The number of esters is 1. The van der Waals surface area contributed by atoms with Crippen molar-refractivity contribution in [2.45, 2.75) is 23.8 Å². The van der Waals surface area contributed by atoms with E-state index in [-0.39, 0.29) is 16.6 Å². The Morgan fingerprint density at radius 2 is 2.21 bits per heavy atom. The van der Waals surface area contributed by atoms with Gasteiger partial charge in [0.2, 0.25) is 10.0 Å². The first-order valence-electron chi connectivity index (χ1n) is 7.72. The molecule has 0 bridgehead atoms. The lowest BCUT2D eigenvalue weighted by Gasteiger charge is -2.14. The van der Waals surface area contributed by atoms with E-state index in [4.69, 9.17) is 4.74 Å². The highest BCUT2D eigenvalue weighted by atomic mass is 32.2. The van der Waals surface area contributed by atoms with Gasteiger partial charge in [0.15, 0.2) is 5.69 Å². The minimum absolute atomic E-state index is 0.101. The van der Waals surface area contributed by atoms with Crippen molar-refractivity contribution in [1.29, 1.82) is 0 Å². The van der Waals surface area contributed by atoms with Gasteiger partial charge >= 0.3 is 5.97 Å².